The molecule has 0 saturated carbocycles. The lowest BCUT2D eigenvalue weighted by Crippen LogP contribution is -2.17. The first-order valence-electron chi connectivity index (χ1n) is 9.23. The van der Waals surface area contributed by atoms with Crippen LogP contribution in [0.25, 0.3) is 28.1 Å². The number of fused-ring (bicyclic) bond motifs is 1. The number of aromatic nitrogens is 1. The van der Waals surface area contributed by atoms with Crippen molar-refractivity contribution in [1.29, 1.82) is 0 Å². The van der Waals surface area contributed by atoms with E-state index in [-0.39, 0.29) is 11.8 Å². The third kappa shape index (κ3) is 3.53. The maximum absolute atomic E-state index is 10.8. The summed E-state index contributed by atoms with van der Waals surface area (Å²) in [7, 11) is 0. The van der Waals surface area contributed by atoms with Gasteiger partial charge < -0.3 is 16.6 Å². The van der Waals surface area contributed by atoms with Crippen molar-refractivity contribution in [3.8, 4) is 16.9 Å². The van der Waals surface area contributed by atoms with Gasteiger partial charge in [-0.3, -0.25) is 0 Å². The van der Waals surface area contributed by atoms with Gasteiger partial charge in [0.1, 0.15) is 11.6 Å². The molecule has 1 heterocycles. The Hall–Kier alpha value is -2.85. The van der Waals surface area contributed by atoms with Gasteiger partial charge in [0, 0.05) is 17.0 Å². The van der Waals surface area contributed by atoms with Crippen LogP contribution in [0, 0.1) is 13.8 Å². The number of pyridine rings is 1. The van der Waals surface area contributed by atoms with Crippen LogP contribution < -0.4 is 11.5 Å². The first-order chi connectivity index (χ1) is 12.8. The summed E-state index contributed by atoms with van der Waals surface area (Å²) in [5.41, 5.74) is 18.6. The second kappa shape index (κ2) is 7.41. The molecule has 140 valence electrons. The van der Waals surface area contributed by atoms with Crippen molar-refractivity contribution in [2.75, 3.05) is 5.73 Å². The number of phenols is 1. The van der Waals surface area contributed by atoms with Gasteiger partial charge in [-0.2, -0.15) is 0 Å². The third-order valence-corrected chi connectivity index (χ3v) is 4.89. The fraction of sp³-hybridized carbons (Fsp3) is 0.261. The van der Waals surface area contributed by atoms with E-state index in [0.29, 0.717) is 5.82 Å². The first-order valence-corrected chi connectivity index (χ1v) is 9.23. The highest BCUT2D eigenvalue weighted by molar-refractivity contribution is 6.05. The van der Waals surface area contributed by atoms with Gasteiger partial charge in [-0.25, -0.2) is 4.98 Å². The minimum Gasteiger partial charge on any atom is -0.507 e. The van der Waals surface area contributed by atoms with Gasteiger partial charge in [-0.05, 0) is 68.0 Å². The van der Waals surface area contributed by atoms with E-state index >= 15 is 0 Å². The van der Waals surface area contributed by atoms with Crippen molar-refractivity contribution in [1.82, 2.24) is 4.98 Å². The van der Waals surface area contributed by atoms with Gasteiger partial charge in [0.15, 0.2) is 0 Å². The van der Waals surface area contributed by atoms with Crippen molar-refractivity contribution in [3.05, 3.63) is 58.7 Å². The predicted octanol–water partition coefficient (Wildman–Crippen LogP) is 4.73. The maximum Gasteiger partial charge on any atom is 0.127 e. The van der Waals surface area contributed by atoms with Crippen LogP contribution in [0.4, 0.5) is 5.82 Å². The van der Waals surface area contributed by atoms with Crippen LogP contribution in [-0.2, 0) is 6.42 Å². The van der Waals surface area contributed by atoms with Gasteiger partial charge in [0.25, 0.3) is 0 Å². The maximum atomic E-state index is 10.8. The molecule has 0 bridgehead atoms. The number of phenolic OH excluding ortho intramolecular Hbond substituents is 1. The second-order valence-corrected chi connectivity index (χ2v) is 7.23. The molecule has 2 aromatic carbocycles. The molecule has 5 N–H and O–H groups in total. The number of anilines is 1. The number of allylic oxidation sites excluding steroid dienone is 1. The Bertz CT molecular complexity index is 1020. The van der Waals surface area contributed by atoms with Gasteiger partial charge in [0.05, 0.1) is 5.52 Å². The molecule has 0 radical (unpaired) electrons. The van der Waals surface area contributed by atoms with Crippen LogP contribution in [0.15, 0.2) is 36.4 Å². The van der Waals surface area contributed by atoms with Crippen LogP contribution >= 0.6 is 0 Å². The van der Waals surface area contributed by atoms with Gasteiger partial charge in [-0.1, -0.05) is 36.4 Å². The Labute approximate surface area is 160 Å². The number of benzene rings is 2. The largest absolute Gasteiger partial charge is 0.507 e. The van der Waals surface area contributed by atoms with Gasteiger partial charge in [-0.15, -0.1) is 0 Å². The molecule has 0 fully saturated rings. The zero-order valence-corrected chi connectivity index (χ0v) is 16.4. The highest BCUT2D eigenvalue weighted by Crippen LogP contribution is 2.41. The summed E-state index contributed by atoms with van der Waals surface area (Å²) >= 11 is 0. The number of hydrogen-bond donors (Lipinski definition) is 3. The average Bonchev–Trinajstić information content (AvgIpc) is 2.60. The number of aryl methyl sites for hydroxylation is 1. The first kappa shape index (κ1) is 18.9. The van der Waals surface area contributed by atoms with E-state index in [1.54, 1.807) is 6.07 Å². The number of nitrogen functional groups attached to an aromatic ring is 1. The average molecular weight is 361 g/mol. The summed E-state index contributed by atoms with van der Waals surface area (Å²) in [5, 5.41) is 11.7. The molecule has 0 aliphatic carbocycles. The zero-order chi connectivity index (χ0) is 19.7. The lowest BCUT2D eigenvalue weighted by molar-refractivity contribution is 0.477. The van der Waals surface area contributed by atoms with E-state index < -0.39 is 0 Å². The fourth-order valence-corrected chi connectivity index (χ4v) is 3.57. The summed E-state index contributed by atoms with van der Waals surface area (Å²) in [6.45, 7) is 7.88. The molecular formula is C23H27N3O. The normalized spacial score (nSPS) is 12.8. The minimum atomic E-state index is 0.112. The Kier molecular flexibility index (Phi) is 5.19. The lowest BCUT2D eigenvalue weighted by Gasteiger charge is -2.17. The van der Waals surface area contributed by atoms with Crippen LogP contribution in [0.5, 0.6) is 5.75 Å². The predicted molar refractivity (Wildman–Crippen MR) is 115 cm³/mol. The molecule has 0 saturated heterocycles. The zero-order valence-electron chi connectivity index (χ0n) is 16.4. The summed E-state index contributed by atoms with van der Waals surface area (Å²) in [6, 6.07) is 10.1. The van der Waals surface area contributed by atoms with E-state index in [0.717, 1.165) is 45.1 Å². The number of rotatable bonds is 4. The van der Waals surface area contributed by atoms with E-state index in [2.05, 4.69) is 17.1 Å². The van der Waals surface area contributed by atoms with Crippen molar-refractivity contribution >= 4 is 22.8 Å². The molecule has 1 atom stereocenters. The summed E-state index contributed by atoms with van der Waals surface area (Å²) < 4.78 is 0. The second-order valence-electron chi connectivity index (χ2n) is 7.23. The highest BCUT2D eigenvalue weighted by Gasteiger charge is 2.18. The molecule has 1 unspecified atom stereocenters. The number of nitrogens with two attached hydrogens (primary N) is 2. The third-order valence-electron chi connectivity index (χ3n) is 4.89. The molecular weight excluding hydrogens is 334 g/mol. The Morgan fingerprint density at radius 1 is 1.19 bits per heavy atom. The topological polar surface area (TPSA) is 85.2 Å². The van der Waals surface area contributed by atoms with E-state index in [1.807, 2.05) is 52.0 Å². The summed E-state index contributed by atoms with van der Waals surface area (Å²) in [4.78, 5) is 4.62. The van der Waals surface area contributed by atoms with Crippen molar-refractivity contribution < 1.29 is 5.11 Å². The van der Waals surface area contributed by atoms with Crippen molar-refractivity contribution in [2.24, 2.45) is 5.73 Å². The molecule has 4 nitrogen and oxygen atoms in total. The summed E-state index contributed by atoms with van der Waals surface area (Å²) in [6.07, 6.45) is 4.83. The Morgan fingerprint density at radius 2 is 1.85 bits per heavy atom. The van der Waals surface area contributed by atoms with E-state index in [4.69, 9.17) is 11.5 Å². The van der Waals surface area contributed by atoms with Crippen LogP contribution in [0.1, 0.15) is 36.1 Å². The SMILES string of the molecule is CC=Cc1c(C)c(N)nc2c(C)cc(O)c(-c3ccc(CC(C)N)cc3)c12. The smallest absolute Gasteiger partial charge is 0.127 e. The number of aromatic hydroxyl groups is 1. The Balaban J connectivity index is 2.34. The molecule has 0 aliphatic rings. The molecule has 27 heavy (non-hydrogen) atoms. The molecule has 3 rings (SSSR count). The number of hydrogen-bond acceptors (Lipinski definition) is 4. The monoisotopic (exact) mass is 361 g/mol. The fourth-order valence-electron chi connectivity index (χ4n) is 3.57. The minimum absolute atomic E-state index is 0.112. The molecule has 1 aromatic heterocycles. The molecule has 4 heteroatoms. The highest BCUT2D eigenvalue weighted by atomic mass is 16.3. The van der Waals surface area contributed by atoms with E-state index in [9.17, 15) is 5.11 Å². The van der Waals surface area contributed by atoms with Gasteiger partial charge in [0.2, 0.25) is 0 Å². The molecule has 0 amide bonds. The van der Waals surface area contributed by atoms with Gasteiger partial charge >= 0.3 is 0 Å². The lowest BCUT2D eigenvalue weighted by atomic mass is 9.91. The standard InChI is InChI=1S/C23H27N3O/c1-5-6-18-15(4)23(25)26-22-13(2)11-19(27)20(21(18)22)17-9-7-16(8-10-17)12-14(3)24/h5-11,14,27H,12,24H2,1-4H3,(H2,25,26). The van der Waals surface area contributed by atoms with Crippen molar-refractivity contribution in [2.45, 2.75) is 40.2 Å². The van der Waals surface area contributed by atoms with Crippen LogP contribution in [0.3, 0.4) is 0 Å². The molecule has 0 spiro atoms. The molecule has 0 aliphatic heterocycles. The van der Waals surface area contributed by atoms with Crippen molar-refractivity contribution in [3.63, 3.8) is 0 Å². The summed E-state index contributed by atoms with van der Waals surface area (Å²) in [5.74, 6) is 0.763. The quantitative estimate of drug-likeness (QED) is 0.627. The van der Waals surface area contributed by atoms with Crippen LogP contribution in [0.2, 0.25) is 0 Å². The number of nitrogens with zero attached hydrogens (tertiary/aromatic N) is 1. The molecule has 3 aromatic rings. The van der Waals surface area contributed by atoms with E-state index in [1.165, 1.54) is 5.56 Å². The van der Waals surface area contributed by atoms with Crippen LogP contribution in [-0.4, -0.2) is 16.1 Å². The Morgan fingerprint density at radius 3 is 2.44 bits per heavy atom.